The maximum absolute atomic E-state index is 11.8. The number of rotatable bonds is 5. The van der Waals surface area contributed by atoms with Crippen molar-refractivity contribution in [1.82, 2.24) is 10.3 Å². The minimum Gasteiger partial charge on any atom is -0.348 e. The van der Waals surface area contributed by atoms with Gasteiger partial charge in [-0.1, -0.05) is 18.2 Å². The van der Waals surface area contributed by atoms with Crippen LogP contribution >= 0.6 is 0 Å². The molecule has 0 saturated heterocycles. The van der Waals surface area contributed by atoms with Crippen LogP contribution < -0.4 is 16.4 Å². The fourth-order valence-corrected chi connectivity index (χ4v) is 1.94. The Morgan fingerprint density at radius 2 is 1.90 bits per heavy atom. The number of para-hydroxylation sites is 1. The highest BCUT2D eigenvalue weighted by molar-refractivity contribution is 6.40. The van der Waals surface area contributed by atoms with E-state index in [1.54, 1.807) is 18.3 Å². The molecule has 1 aromatic heterocycles. The summed E-state index contributed by atoms with van der Waals surface area (Å²) in [4.78, 5) is 27.7. The quantitative estimate of drug-likeness (QED) is 0.565. The van der Waals surface area contributed by atoms with Crippen LogP contribution in [0, 0.1) is 0 Å². The summed E-state index contributed by atoms with van der Waals surface area (Å²) in [5.41, 5.74) is 6.54. The molecular formula is C15H18N4O2. The van der Waals surface area contributed by atoms with E-state index in [2.05, 4.69) is 15.6 Å². The van der Waals surface area contributed by atoms with Gasteiger partial charge in [0.1, 0.15) is 0 Å². The monoisotopic (exact) mass is 286 g/mol. The van der Waals surface area contributed by atoms with Gasteiger partial charge in [0, 0.05) is 18.1 Å². The van der Waals surface area contributed by atoms with Crippen LogP contribution in [-0.2, 0) is 9.59 Å². The van der Waals surface area contributed by atoms with Gasteiger partial charge in [-0.05, 0) is 31.5 Å². The molecule has 0 unspecified atom stereocenters. The summed E-state index contributed by atoms with van der Waals surface area (Å²) in [7, 11) is 0. The highest BCUT2D eigenvalue weighted by Crippen LogP contribution is 2.20. The van der Waals surface area contributed by atoms with Crippen molar-refractivity contribution in [1.29, 1.82) is 0 Å². The Balaban J connectivity index is 1.99. The number of hydrogen-bond acceptors (Lipinski definition) is 4. The summed E-state index contributed by atoms with van der Waals surface area (Å²) in [5, 5.41) is 6.05. The number of nitrogens with zero attached hydrogens (tertiary/aromatic N) is 1. The van der Waals surface area contributed by atoms with E-state index in [-0.39, 0.29) is 0 Å². The fraction of sp³-hybridized carbons (Fsp3) is 0.267. The van der Waals surface area contributed by atoms with Crippen LogP contribution in [0.5, 0.6) is 0 Å². The highest BCUT2D eigenvalue weighted by Gasteiger charge is 2.14. The Kier molecular flexibility index (Phi) is 5.22. The Hall–Kier alpha value is -2.47. The topological polar surface area (TPSA) is 97.1 Å². The number of pyridine rings is 1. The van der Waals surface area contributed by atoms with Crippen molar-refractivity contribution in [2.45, 2.75) is 12.8 Å². The number of amides is 2. The molecule has 0 aliphatic carbocycles. The Bertz CT molecular complexity index is 637. The first-order chi connectivity index (χ1) is 10.2. The molecule has 6 nitrogen and oxygen atoms in total. The molecule has 2 rings (SSSR count). The van der Waals surface area contributed by atoms with Gasteiger partial charge in [0.25, 0.3) is 0 Å². The zero-order valence-electron chi connectivity index (χ0n) is 11.6. The molecule has 21 heavy (non-hydrogen) atoms. The predicted octanol–water partition coefficient (Wildman–Crippen LogP) is 1.03. The van der Waals surface area contributed by atoms with Crippen molar-refractivity contribution in [3.05, 3.63) is 36.5 Å². The largest absolute Gasteiger partial charge is 0.348 e. The van der Waals surface area contributed by atoms with Crippen LogP contribution in [0.25, 0.3) is 10.9 Å². The van der Waals surface area contributed by atoms with E-state index in [0.717, 1.165) is 18.2 Å². The van der Waals surface area contributed by atoms with E-state index >= 15 is 0 Å². The summed E-state index contributed by atoms with van der Waals surface area (Å²) in [6, 6.07) is 9.13. The molecule has 0 aliphatic heterocycles. The lowest BCUT2D eigenvalue weighted by atomic mass is 10.2. The molecule has 0 bridgehead atoms. The van der Waals surface area contributed by atoms with Gasteiger partial charge >= 0.3 is 11.8 Å². The normalized spacial score (nSPS) is 10.3. The number of benzene rings is 1. The molecule has 0 aliphatic rings. The Labute approximate surface area is 122 Å². The van der Waals surface area contributed by atoms with Crippen molar-refractivity contribution in [3.8, 4) is 0 Å². The van der Waals surface area contributed by atoms with Crippen LogP contribution in [0.3, 0.4) is 0 Å². The van der Waals surface area contributed by atoms with Crippen LogP contribution in [0.15, 0.2) is 36.5 Å². The second-order valence-corrected chi connectivity index (χ2v) is 4.59. The molecule has 110 valence electrons. The molecular weight excluding hydrogens is 268 g/mol. The van der Waals surface area contributed by atoms with Crippen molar-refractivity contribution in [2.75, 3.05) is 18.4 Å². The van der Waals surface area contributed by atoms with E-state index in [1.165, 1.54) is 0 Å². The highest BCUT2D eigenvalue weighted by atomic mass is 16.2. The van der Waals surface area contributed by atoms with Gasteiger partial charge in [0.15, 0.2) is 0 Å². The number of carbonyl (C=O) groups excluding carboxylic acids is 2. The Morgan fingerprint density at radius 3 is 2.71 bits per heavy atom. The summed E-state index contributed by atoms with van der Waals surface area (Å²) in [5.74, 6) is -1.35. The van der Waals surface area contributed by atoms with E-state index in [4.69, 9.17) is 5.73 Å². The van der Waals surface area contributed by atoms with Gasteiger partial charge in [-0.2, -0.15) is 0 Å². The summed E-state index contributed by atoms with van der Waals surface area (Å²) >= 11 is 0. The summed E-state index contributed by atoms with van der Waals surface area (Å²) in [6.07, 6.45) is 3.21. The first-order valence-corrected chi connectivity index (χ1v) is 6.85. The summed E-state index contributed by atoms with van der Waals surface area (Å²) in [6.45, 7) is 1.01. The van der Waals surface area contributed by atoms with Crippen LogP contribution in [0.4, 0.5) is 5.69 Å². The molecule has 0 radical (unpaired) electrons. The van der Waals surface area contributed by atoms with Crippen molar-refractivity contribution in [2.24, 2.45) is 5.73 Å². The zero-order chi connectivity index (χ0) is 15.1. The van der Waals surface area contributed by atoms with Gasteiger partial charge in [0.2, 0.25) is 0 Å². The van der Waals surface area contributed by atoms with Crippen molar-refractivity contribution in [3.63, 3.8) is 0 Å². The Morgan fingerprint density at radius 1 is 1.10 bits per heavy atom. The molecule has 2 amide bonds. The fourth-order valence-electron chi connectivity index (χ4n) is 1.94. The van der Waals surface area contributed by atoms with Crippen molar-refractivity contribution >= 4 is 28.4 Å². The van der Waals surface area contributed by atoms with Gasteiger partial charge in [-0.15, -0.1) is 0 Å². The number of carbonyl (C=O) groups is 2. The predicted molar refractivity (Wildman–Crippen MR) is 81.7 cm³/mol. The van der Waals surface area contributed by atoms with E-state index in [1.807, 2.05) is 18.2 Å². The third kappa shape index (κ3) is 4.00. The first kappa shape index (κ1) is 14.9. The number of unbranched alkanes of at least 4 members (excludes halogenated alkanes) is 1. The molecule has 2 aromatic rings. The third-order valence-electron chi connectivity index (χ3n) is 3.00. The van der Waals surface area contributed by atoms with E-state index in [0.29, 0.717) is 24.3 Å². The maximum Gasteiger partial charge on any atom is 0.313 e. The number of nitrogens with two attached hydrogens (primary N) is 1. The molecule has 0 atom stereocenters. The number of fused-ring (bicyclic) bond motifs is 1. The average molecular weight is 286 g/mol. The number of nitrogens with one attached hydrogen (secondary N) is 2. The van der Waals surface area contributed by atoms with E-state index < -0.39 is 11.8 Å². The lowest BCUT2D eigenvalue weighted by Gasteiger charge is -2.08. The van der Waals surface area contributed by atoms with Gasteiger partial charge in [0.05, 0.1) is 11.2 Å². The van der Waals surface area contributed by atoms with Crippen molar-refractivity contribution < 1.29 is 9.59 Å². The molecule has 1 aromatic carbocycles. The molecule has 1 heterocycles. The first-order valence-electron chi connectivity index (χ1n) is 6.85. The summed E-state index contributed by atoms with van der Waals surface area (Å²) < 4.78 is 0. The van der Waals surface area contributed by atoms with E-state index in [9.17, 15) is 9.59 Å². The zero-order valence-corrected chi connectivity index (χ0v) is 11.6. The minimum atomic E-state index is -0.694. The smallest absolute Gasteiger partial charge is 0.313 e. The molecule has 6 heteroatoms. The van der Waals surface area contributed by atoms with Crippen LogP contribution in [0.2, 0.25) is 0 Å². The minimum absolute atomic E-state index is 0.442. The number of anilines is 1. The number of aromatic nitrogens is 1. The molecule has 0 saturated carbocycles. The standard InChI is InChI=1S/C15H18N4O2/c16-8-1-2-9-18-14(20)15(21)19-12-7-3-5-11-6-4-10-17-13(11)12/h3-7,10H,1-2,8-9,16H2,(H,18,20)(H,19,21). The number of hydrogen-bond donors (Lipinski definition) is 3. The van der Waals surface area contributed by atoms with Gasteiger partial charge in [-0.25, -0.2) is 0 Å². The maximum atomic E-state index is 11.8. The second-order valence-electron chi connectivity index (χ2n) is 4.59. The van der Waals surface area contributed by atoms with Crippen LogP contribution in [0.1, 0.15) is 12.8 Å². The lowest BCUT2D eigenvalue weighted by molar-refractivity contribution is -0.136. The van der Waals surface area contributed by atoms with Gasteiger partial charge in [-0.3, -0.25) is 14.6 Å². The second kappa shape index (κ2) is 7.35. The average Bonchev–Trinajstić information content (AvgIpc) is 2.51. The van der Waals surface area contributed by atoms with Gasteiger partial charge < -0.3 is 16.4 Å². The van der Waals surface area contributed by atoms with Crippen LogP contribution in [-0.4, -0.2) is 29.9 Å². The SMILES string of the molecule is NCCCCNC(=O)C(=O)Nc1cccc2cccnc12. The lowest BCUT2D eigenvalue weighted by Crippen LogP contribution is -2.36. The third-order valence-corrected chi connectivity index (χ3v) is 3.00. The molecule has 4 N–H and O–H groups in total. The molecule has 0 spiro atoms. The molecule has 0 fully saturated rings.